The maximum Gasteiger partial charge on any atom is 0.276 e. The van der Waals surface area contributed by atoms with Crippen molar-refractivity contribution in [3.8, 4) is 5.75 Å². The first kappa shape index (κ1) is 18.8. The molecular formula is C17H20ClN3O4S. The molecule has 0 aliphatic carbocycles. The number of rotatable bonds is 4. The lowest BCUT2D eigenvalue weighted by molar-refractivity contribution is -0.139. The Morgan fingerprint density at radius 2 is 2.19 bits per heavy atom. The van der Waals surface area contributed by atoms with Gasteiger partial charge in [-0.2, -0.15) is 0 Å². The van der Waals surface area contributed by atoms with E-state index in [9.17, 15) is 14.4 Å². The molecule has 2 atom stereocenters. The summed E-state index contributed by atoms with van der Waals surface area (Å²) in [6.07, 6.45) is 1.19. The largest absolute Gasteiger partial charge is 0.483 e. The van der Waals surface area contributed by atoms with Gasteiger partial charge in [-0.3, -0.25) is 25.2 Å². The number of nitrogens with zero attached hydrogens (tertiary/aromatic N) is 1. The third kappa shape index (κ3) is 3.76. The highest BCUT2D eigenvalue weighted by molar-refractivity contribution is 8.01. The summed E-state index contributed by atoms with van der Waals surface area (Å²) >= 11 is 7.47. The second-order valence-corrected chi connectivity index (χ2v) is 8.44. The van der Waals surface area contributed by atoms with Gasteiger partial charge in [-0.05, 0) is 44.0 Å². The normalized spacial score (nSPS) is 24.3. The van der Waals surface area contributed by atoms with E-state index in [4.69, 9.17) is 16.3 Å². The average Bonchev–Trinajstić information content (AvgIpc) is 3.08. The average molecular weight is 398 g/mol. The van der Waals surface area contributed by atoms with Crippen LogP contribution in [0.25, 0.3) is 0 Å². The van der Waals surface area contributed by atoms with Crippen molar-refractivity contribution < 1.29 is 19.1 Å². The molecular weight excluding hydrogens is 378 g/mol. The number of aryl methyl sites for hydroxylation is 1. The highest BCUT2D eigenvalue weighted by Crippen LogP contribution is 2.47. The molecule has 3 rings (SSSR count). The molecule has 0 unspecified atom stereocenters. The first-order chi connectivity index (χ1) is 12.3. The maximum atomic E-state index is 12.4. The van der Waals surface area contributed by atoms with E-state index in [1.165, 1.54) is 0 Å². The summed E-state index contributed by atoms with van der Waals surface area (Å²) < 4.78 is 5.42. The van der Waals surface area contributed by atoms with Gasteiger partial charge < -0.3 is 9.64 Å². The van der Waals surface area contributed by atoms with Crippen LogP contribution in [0.3, 0.4) is 0 Å². The third-order valence-corrected chi connectivity index (χ3v) is 6.31. The van der Waals surface area contributed by atoms with Crippen LogP contribution in [0.15, 0.2) is 18.2 Å². The molecule has 2 fully saturated rings. The van der Waals surface area contributed by atoms with Crippen molar-refractivity contribution in [2.45, 2.75) is 37.6 Å². The molecule has 3 amide bonds. The lowest BCUT2D eigenvalue weighted by Gasteiger charge is -2.29. The Kier molecular flexibility index (Phi) is 5.34. The van der Waals surface area contributed by atoms with Crippen molar-refractivity contribution in [2.75, 3.05) is 12.4 Å². The molecule has 1 aromatic rings. The maximum absolute atomic E-state index is 12.4. The molecule has 2 N–H and O–H groups in total. The highest BCUT2D eigenvalue weighted by Gasteiger charge is 2.52. The lowest BCUT2D eigenvalue weighted by Crippen LogP contribution is -2.54. The van der Waals surface area contributed by atoms with E-state index >= 15 is 0 Å². The number of carbonyl (C=O) groups excluding carboxylic acids is 3. The first-order valence-electron chi connectivity index (χ1n) is 8.24. The minimum atomic E-state index is -0.570. The molecule has 0 spiro atoms. The number of carbonyl (C=O) groups is 3. The van der Waals surface area contributed by atoms with Gasteiger partial charge >= 0.3 is 0 Å². The van der Waals surface area contributed by atoms with Gasteiger partial charge in [0.2, 0.25) is 5.91 Å². The number of nitrogens with one attached hydrogen (secondary N) is 2. The summed E-state index contributed by atoms with van der Waals surface area (Å²) in [6, 6.07) is 4.52. The SMILES string of the molecule is Cc1cc(Cl)ccc1OCC(=O)NNC(=O)[C@@H]1CS[C@@]2(C)CCC(=O)N12. The Balaban J connectivity index is 1.48. The van der Waals surface area contributed by atoms with Crippen LogP contribution in [0.5, 0.6) is 5.75 Å². The number of hydrazine groups is 1. The summed E-state index contributed by atoms with van der Waals surface area (Å²) in [7, 11) is 0. The van der Waals surface area contributed by atoms with E-state index in [1.54, 1.807) is 34.9 Å². The monoisotopic (exact) mass is 397 g/mol. The number of halogens is 1. The summed E-state index contributed by atoms with van der Waals surface area (Å²) in [5.74, 6) is 0.151. The lowest BCUT2D eigenvalue weighted by atomic mass is 10.2. The van der Waals surface area contributed by atoms with Crippen molar-refractivity contribution >= 4 is 41.1 Å². The molecule has 9 heteroatoms. The van der Waals surface area contributed by atoms with Gasteiger partial charge in [0.05, 0.1) is 4.87 Å². The van der Waals surface area contributed by atoms with Crippen molar-refractivity contribution in [1.29, 1.82) is 0 Å². The van der Waals surface area contributed by atoms with Crippen LogP contribution >= 0.6 is 23.4 Å². The molecule has 26 heavy (non-hydrogen) atoms. The Labute approximate surface area is 160 Å². The van der Waals surface area contributed by atoms with E-state index in [2.05, 4.69) is 10.9 Å². The van der Waals surface area contributed by atoms with Crippen molar-refractivity contribution in [3.63, 3.8) is 0 Å². The number of amides is 3. The topological polar surface area (TPSA) is 87.7 Å². The molecule has 0 bridgehead atoms. The predicted octanol–water partition coefficient (Wildman–Crippen LogP) is 1.63. The van der Waals surface area contributed by atoms with Crippen LogP contribution < -0.4 is 15.6 Å². The van der Waals surface area contributed by atoms with E-state index in [-0.39, 0.29) is 17.4 Å². The number of ether oxygens (including phenoxy) is 1. The molecule has 7 nitrogen and oxygen atoms in total. The Morgan fingerprint density at radius 1 is 1.42 bits per heavy atom. The fourth-order valence-electron chi connectivity index (χ4n) is 3.18. The van der Waals surface area contributed by atoms with Gasteiger partial charge in [-0.1, -0.05) is 11.6 Å². The van der Waals surface area contributed by atoms with Crippen LogP contribution in [-0.4, -0.2) is 45.9 Å². The summed E-state index contributed by atoms with van der Waals surface area (Å²) in [6.45, 7) is 3.54. The molecule has 140 valence electrons. The fourth-order valence-corrected chi connectivity index (χ4v) is 4.84. The predicted molar refractivity (Wildman–Crippen MR) is 98.7 cm³/mol. The summed E-state index contributed by atoms with van der Waals surface area (Å²) in [4.78, 5) is 37.6. The van der Waals surface area contributed by atoms with Crippen molar-refractivity contribution in [2.24, 2.45) is 0 Å². The number of fused-ring (bicyclic) bond motifs is 1. The van der Waals surface area contributed by atoms with Gasteiger partial charge in [-0.15, -0.1) is 11.8 Å². The zero-order valence-corrected chi connectivity index (χ0v) is 16.1. The van der Waals surface area contributed by atoms with Crippen molar-refractivity contribution in [1.82, 2.24) is 15.8 Å². The van der Waals surface area contributed by atoms with E-state index < -0.39 is 17.9 Å². The molecule has 0 aromatic heterocycles. The van der Waals surface area contributed by atoms with Gasteiger partial charge in [-0.25, -0.2) is 0 Å². The summed E-state index contributed by atoms with van der Waals surface area (Å²) in [5.41, 5.74) is 5.53. The third-order valence-electron chi connectivity index (χ3n) is 4.57. The standard InChI is InChI=1S/C17H20ClN3O4S/c1-10-7-11(18)3-4-13(10)25-8-14(22)19-20-16(24)12-9-26-17(2)6-5-15(23)21(12)17/h3-4,7,12H,5-6,8-9H2,1-2H3,(H,19,22)(H,20,24)/t12-,17-/m0/s1. The molecule has 0 saturated carbocycles. The zero-order valence-electron chi connectivity index (χ0n) is 14.5. The Hall–Kier alpha value is -1.93. The first-order valence-corrected chi connectivity index (χ1v) is 9.60. The molecule has 2 saturated heterocycles. The van der Waals surface area contributed by atoms with E-state index in [1.807, 2.05) is 13.8 Å². The zero-order chi connectivity index (χ0) is 18.9. The van der Waals surface area contributed by atoms with Crippen LogP contribution in [0, 0.1) is 6.92 Å². The number of hydrogen-bond donors (Lipinski definition) is 2. The van der Waals surface area contributed by atoms with Crippen molar-refractivity contribution in [3.05, 3.63) is 28.8 Å². The van der Waals surface area contributed by atoms with E-state index in [0.29, 0.717) is 22.9 Å². The van der Waals surface area contributed by atoms with Gasteiger partial charge in [0.15, 0.2) is 6.61 Å². The van der Waals surface area contributed by atoms with Gasteiger partial charge in [0, 0.05) is 17.2 Å². The van der Waals surface area contributed by atoms with Gasteiger partial charge in [0.1, 0.15) is 11.8 Å². The number of hydrogen-bond acceptors (Lipinski definition) is 5. The second-order valence-electron chi connectivity index (χ2n) is 6.50. The minimum Gasteiger partial charge on any atom is -0.483 e. The molecule has 0 radical (unpaired) electrons. The Bertz CT molecular complexity index is 760. The van der Waals surface area contributed by atoms with E-state index in [0.717, 1.165) is 12.0 Å². The van der Waals surface area contributed by atoms with Crippen LogP contribution in [0.2, 0.25) is 5.02 Å². The minimum absolute atomic E-state index is 0.0227. The molecule has 1 aromatic carbocycles. The quantitative estimate of drug-likeness (QED) is 0.754. The molecule has 2 heterocycles. The molecule has 2 aliphatic rings. The summed E-state index contributed by atoms with van der Waals surface area (Å²) in [5, 5.41) is 0.587. The Morgan fingerprint density at radius 3 is 2.92 bits per heavy atom. The van der Waals surface area contributed by atoms with Crippen LogP contribution in [0.4, 0.5) is 0 Å². The number of thioether (sulfide) groups is 1. The fraction of sp³-hybridized carbons (Fsp3) is 0.471. The smallest absolute Gasteiger partial charge is 0.276 e. The second kappa shape index (κ2) is 7.36. The molecule has 2 aliphatic heterocycles. The van der Waals surface area contributed by atoms with Gasteiger partial charge in [0.25, 0.3) is 11.8 Å². The number of benzene rings is 1. The van der Waals surface area contributed by atoms with Crippen LogP contribution in [0.1, 0.15) is 25.3 Å². The highest BCUT2D eigenvalue weighted by atomic mass is 35.5. The van der Waals surface area contributed by atoms with Crippen LogP contribution in [-0.2, 0) is 14.4 Å².